The number of benzene rings is 2. The Bertz CT molecular complexity index is 950. The lowest BCUT2D eigenvalue weighted by molar-refractivity contribution is -0.117. The molecule has 0 radical (unpaired) electrons. The number of halogens is 1. The van der Waals surface area contributed by atoms with E-state index >= 15 is 0 Å². The molecule has 1 fully saturated rings. The van der Waals surface area contributed by atoms with Crippen molar-refractivity contribution in [2.45, 2.75) is 6.54 Å². The Balaban J connectivity index is 1.26. The average Bonchev–Trinajstić information content (AvgIpc) is 2.76. The van der Waals surface area contributed by atoms with Gasteiger partial charge in [0.25, 0.3) is 0 Å². The van der Waals surface area contributed by atoms with Crippen molar-refractivity contribution in [3.8, 4) is 17.6 Å². The Morgan fingerprint density at radius 2 is 1.67 bits per heavy atom. The van der Waals surface area contributed by atoms with E-state index in [0.717, 1.165) is 37.2 Å². The fourth-order valence-corrected chi connectivity index (χ4v) is 4.02. The van der Waals surface area contributed by atoms with Gasteiger partial charge in [0.1, 0.15) is 13.2 Å². The van der Waals surface area contributed by atoms with Gasteiger partial charge in [0.2, 0.25) is 5.91 Å². The molecule has 7 nitrogen and oxygen atoms in total. The first-order valence-corrected chi connectivity index (χ1v) is 10.7. The summed E-state index contributed by atoms with van der Waals surface area (Å²) in [4.78, 5) is 17.1. The number of nitriles is 1. The Labute approximate surface area is 184 Å². The molecule has 1 amide bonds. The first kappa shape index (κ1) is 20.7. The van der Waals surface area contributed by atoms with Crippen LogP contribution in [-0.2, 0) is 11.3 Å². The van der Waals surface area contributed by atoms with Crippen LogP contribution < -0.4 is 14.8 Å². The van der Waals surface area contributed by atoms with E-state index < -0.39 is 0 Å². The lowest BCUT2D eigenvalue weighted by atomic mass is 10.1. The predicted octanol–water partition coefficient (Wildman–Crippen LogP) is 2.85. The van der Waals surface area contributed by atoms with Crippen molar-refractivity contribution in [2.24, 2.45) is 0 Å². The minimum atomic E-state index is -0.0482. The SMILES string of the molecule is N#Cc1ccc(CN2CCN(CC(=O)Nc3cc4c(cc3Br)OCCO4)CC2)cc1. The number of nitrogens with zero attached hydrogens (tertiary/aromatic N) is 3. The molecule has 0 unspecified atom stereocenters. The monoisotopic (exact) mass is 470 g/mol. The maximum absolute atomic E-state index is 12.5. The predicted molar refractivity (Wildman–Crippen MR) is 117 cm³/mol. The molecule has 30 heavy (non-hydrogen) atoms. The summed E-state index contributed by atoms with van der Waals surface area (Å²) in [6.45, 7) is 5.73. The maximum atomic E-state index is 12.5. The smallest absolute Gasteiger partial charge is 0.238 e. The van der Waals surface area contributed by atoms with E-state index in [1.807, 2.05) is 30.3 Å². The van der Waals surface area contributed by atoms with Crippen LogP contribution in [-0.4, -0.2) is 61.6 Å². The number of carbonyl (C=O) groups is 1. The highest BCUT2D eigenvalue weighted by Crippen LogP contribution is 2.38. The summed E-state index contributed by atoms with van der Waals surface area (Å²) in [5, 5.41) is 11.9. The molecule has 0 saturated carbocycles. The number of rotatable bonds is 5. The van der Waals surface area contributed by atoms with Gasteiger partial charge in [0, 0.05) is 49.3 Å². The molecule has 2 heterocycles. The van der Waals surface area contributed by atoms with Crippen LogP contribution in [0.2, 0.25) is 0 Å². The van der Waals surface area contributed by atoms with Crippen LogP contribution in [0.25, 0.3) is 0 Å². The highest BCUT2D eigenvalue weighted by molar-refractivity contribution is 9.10. The number of carbonyl (C=O) groups excluding carboxylic acids is 1. The van der Waals surface area contributed by atoms with Gasteiger partial charge in [-0.2, -0.15) is 5.26 Å². The molecule has 0 aliphatic carbocycles. The zero-order valence-electron chi connectivity index (χ0n) is 16.6. The molecule has 0 bridgehead atoms. The Kier molecular flexibility index (Phi) is 6.53. The molecule has 1 N–H and O–H groups in total. The molecule has 4 rings (SSSR count). The first-order chi connectivity index (χ1) is 14.6. The number of hydrogen-bond donors (Lipinski definition) is 1. The van der Waals surface area contributed by atoms with Gasteiger partial charge >= 0.3 is 0 Å². The van der Waals surface area contributed by atoms with Crippen LogP contribution in [0.1, 0.15) is 11.1 Å². The Morgan fingerprint density at radius 1 is 1.03 bits per heavy atom. The normalized spacial score (nSPS) is 16.7. The number of hydrogen-bond acceptors (Lipinski definition) is 6. The van der Waals surface area contributed by atoms with Gasteiger partial charge in [-0.3, -0.25) is 14.6 Å². The number of piperazine rings is 1. The minimum Gasteiger partial charge on any atom is -0.486 e. The molecule has 0 spiro atoms. The summed E-state index contributed by atoms with van der Waals surface area (Å²) < 4.78 is 11.9. The van der Waals surface area contributed by atoms with Crippen LogP contribution >= 0.6 is 15.9 Å². The van der Waals surface area contributed by atoms with Gasteiger partial charge in [-0.15, -0.1) is 0 Å². The number of fused-ring (bicyclic) bond motifs is 1. The average molecular weight is 471 g/mol. The molecule has 1 saturated heterocycles. The van der Waals surface area contributed by atoms with Crippen LogP contribution in [0.15, 0.2) is 40.9 Å². The summed E-state index contributed by atoms with van der Waals surface area (Å²) in [6, 6.07) is 13.5. The van der Waals surface area contributed by atoms with Crippen molar-refractivity contribution in [2.75, 3.05) is 51.3 Å². The zero-order valence-corrected chi connectivity index (χ0v) is 18.2. The van der Waals surface area contributed by atoms with E-state index in [0.29, 0.717) is 42.5 Å². The van der Waals surface area contributed by atoms with Gasteiger partial charge in [-0.25, -0.2) is 0 Å². The standard InChI is InChI=1S/C22H23BrN4O3/c23-18-11-20-21(30-10-9-29-20)12-19(18)25-22(28)15-27-7-5-26(6-8-27)14-17-3-1-16(13-24)2-4-17/h1-4,11-12H,5-10,14-15H2,(H,25,28). The number of nitrogens with one attached hydrogen (secondary N) is 1. The van der Waals surface area contributed by atoms with E-state index in [4.69, 9.17) is 14.7 Å². The van der Waals surface area contributed by atoms with Crippen LogP contribution in [0, 0.1) is 11.3 Å². The maximum Gasteiger partial charge on any atom is 0.238 e. The fourth-order valence-electron chi connectivity index (χ4n) is 3.60. The topological polar surface area (TPSA) is 77.8 Å². The first-order valence-electron chi connectivity index (χ1n) is 9.93. The van der Waals surface area contributed by atoms with Crippen molar-refractivity contribution in [3.63, 3.8) is 0 Å². The van der Waals surface area contributed by atoms with Crippen molar-refractivity contribution < 1.29 is 14.3 Å². The van der Waals surface area contributed by atoms with Crippen LogP contribution in [0.4, 0.5) is 5.69 Å². The molecule has 2 aliphatic rings. The minimum absolute atomic E-state index is 0.0482. The van der Waals surface area contributed by atoms with Gasteiger partial charge in [0.15, 0.2) is 11.5 Å². The van der Waals surface area contributed by atoms with E-state index in [1.54, 1.807) is 6.07 Å². The summed E-state index contributed by atoms with van der Waals surface area (Å²) in [6.07, 6.45) is 0. The van der Waals surface area contributed by atoms with Gasteiger partial charge < -0.3 is 14.8 Å². The summed E-state index contributed by atoms with van der Waals surface area (Å²) in [5.74, 6) is 1.29. The molecule has 0 aromatic heterocycles. The Hall–Kier alpha value is -2.60. The third kappa shape index (κ3) is 5.11. The van der Waals surface area contributed by atoms with E-state index in [2.05, 4.69) is 37.1 Å². The fraction of sp³-hybridized carbons (Fsp3) is 0.364. The molecular formula is C22H23BrN4O3. The zero-order chi connectivity index (χ0) is 20.9. The largest absolute Gasteiger partial charge is 0.486 e. The van der Waals surface area contributed by atoms with Crippen molar-refractivity contribution >= 4 is 27.5 Å². The molecular weight excluding hydrogens is 448 g/mol. The summed E-state index contributed by atoms with van der Waals surface area (Å²) in [7, 11) is 0. The van der Waals surface area contributed by atoms with Crippen molar-refractivity contribution in [1.29, 1.82) is 5.26 Å². The van der Waals surface area contributed by atoms with E-state index in [-0.39, 0.29) is 5.91 Å². The number of anilines is 1. The third-order valence-corrected chi connectivity index (χ3v) is 5.88. The van der Waals surface area contributed by atoms with Gasteiger partial charge in [0.05, 0.1) is 23.9 Å². The van der Waals surface area contributed by atoms with Crippen molar-refractivity contribution in [1.82, 2.24) is 9.80 Å². The second kappa shape index (κ2) is 9.47. The molecule has 2 aromatic rings. The van der Waals surface area contributed by atoms with Crippen molar-refractivity contribution in [3.05, 3.63) is 52.0 Å². The lowest BCUT2D eigenvalue weighted by Crippen LogP contribution is -2.48. The van der Waals surface area contributed by atoms with E-state index in [1.165, 1.54) is 5.56 Å². The number of amides is 1. The molecule has 0 atom stereocenters. The second-order valence-electron chi connectivity index (χ2n) is 7.38. The van der Waals surface area contributed by atoms with Crippen LogP contribution in [0.5, 0.6) is 11.5 Å². The van der Waals surface area contributed by atoms with E-state index in [9.17, 15) is 4.79 Å². The Morgan fingerprint density at radius 3 is 2.33 bits per heavy atom. The molecule has 156 valence electrons. The summed E-state index contributed by atoms with van der Waals surface area (Å²) in [5.41, 5.74) is 2.56. The van der Waals surface area contributed by atoms with Gasteiger partial charge in [-0.05, 0) is 33.6 Å². The number of ether oxygens (including phenoxy) is 2. The summed E-state index contributed by atoms with van der Waals surface area (Å²) >= 11 is 3.49. The van der Waals surface area contributed by atoms with Gasteiger partial charge in [-0.1, -0.05) is 12.1 Å². The second-order valence-corrected chi connectivity index (χ2v) is 8.24. The quantitative estimate of drug-likeness (QED) is 0.723. The molecule has 2 aliphatic heterocycles. The highest BCUT2D eigenvalue weighted by atomic mass is 79.9. The molecule has 2 aromatic carbocycles. The molecule has 8 heteroatoms. The highest BCUT2D eigenvalue weighted by Gasteiger charge is 2.21. The lowest BCUT2D eigenvalue weighted by Gasteiger charge is -2.34. The van der Waals surface area contributed by atoms with Crippen LogP contribution in [0.3, 0.4) is 0 Å². The third-order valence-electron chi connectivity index (χ3n) is 5.23.